The second-order valence-electron chi connectivity index (χ2n) is 6.51. The maximum Gasteiger partial charge on any atom is 0.175 e. The van der Waals surface area contributed by atoms with Gasteiger partial charge in [-0.1, -0.05) is 54.7 Å². The molecule has 0 aliphatic rings. The molecule has 2 aromatic carbocycles. The van der Waals surface area contributed by atoms with Crippen LogP contribution in [0.5, 0.6) is 0 Å². The predicted octanol–water partition coefficient (Wildman–Crippen LogP) is 6.39. The van der Waals surface area contributed by atoms with Gasteiger partial charge in [-0.05, 0) is 54.9 Å². The fourth-order valence-corrected chi connectivity index (χ4v) is 3.54. The molecule has 4 nitrogen and oxygen atoms in total. The topological polar surface area (TPSA) is 41.9 Å². The van der Waals surface area contributed by atoms with Gasteiger partial charge in [0.2, 0.25) is 0 Å². The van der Waals surface area contributed by atoms with Gasteiger partial charge >= 0.3 is 0 Å². The van der Waals surface area contributed by atoms with Crippen LogP contribution in [0.2, 0.25) is 10.0 Å². The summed E-state index contributed by atoms with van der Waals surface area (Å²) in [6, 6.07) is 13.8. The van der Waals surface area contributed by atoms with Crippen molar-refractivity contribution in [1.82, 2.24) is 9.78 Å². The first-order valence-electron chi connectivity index (χ1n) is 9.17. The first kappa shape index (κ1) is 20.6. The van der Waals surface area contributed by atoms with Gasteiger partial charge in [-0.3, -0.25) is 4.68 Å². The van der Waals surface area contributed by atoms with Gasteiger partial charge in [0.25, 0.3) is 0 Å². The summed E-state index contributed by atoms with van der Waals surface area (Å²) in [6.07, 6.45) is 7.09. The minimum atomic E-state index is 0.486. The highest BCUT2D eigenvalue weighted by Crippen LogP contribution is 2.25. The number of hydrogen-bond donors (Lipinski definition) is 2. The molecular weight excluding hydrogens is 411 g/mol. The molecule has 0 spiro atoms. The molecule has 1 aromatic heterocycles. The number of unbranched alkanes of at least 4 members (excludes halogenated alkanes) is 1. The zero-order chi connectivity index (χ0) is 19.9. The van der Waals surface area contributed by atoms with Gasteiger partial charge in [0.15, 0.2) is 5.11 Å². The van der Waals surface area contributed by atoms with E-state index in [-0.39, 0.29) is 0 Å². The van der Waals surface area contributed by atoms with E-state index in [1.165, 1.54) is 18.4 Å². The minimum absolute atomic E-state index is 0.486. The van der Waals surface area contributed by atoms with Crippen molar-refractivity contribution < 1.29 is 0 Å². The van der Waals surface area contributed by atoms with Crippen molar-refractivity contribution in [2.45, 2.75) is 32.7 Å². The van der Waals surface area contributed by atoms with E-state index >= 15 is 0 Å². The van der Waals surface area contributed by atoms with Crippen LogP contribution in [0.4, 0.5) is 11.4 Å². The second kappa shape index (κ2) is 9.92. The van der Waals surface area contributed by atoms with E-state index in [1.807, 2.05) is 36.5 Å². The quantitative estimate of drug-likeness (QED) is 0.424. The third-order valence-corrected chi connectivity index (χ3v) is 5.22. The molecule has 0 saturated carbocycles. The van der Waals surface area contributed by atoms with E-state index in [0.29, 0.717) is 21.7 Å². The molecule has 7 heteroatoms. The molecule has 0 amide bonds. The largest absolute Gasteiger partial charge is 0.332 e. The number of aromatic nitrogens is 2. The average molecular weight is 433 g/mol. The van der Waals surface area contributed by atoms with E-state index < -0.39 is 0 Å². The maximum atomic E-state index is 6.23. The molecule has 2 N–H and O–H groups in total. The van der Waals surface area contributed by atoms with Gasteiger partial charge in [0.05, 0.1) is 18.4 Å². The van der Waals surface area contributed by atoms with Crippen LogP contribution >= 0.6 is 35.4 Å². The number of thiocarbonyl (C=S) groups is 1. The Kier molecular flexibility index (Phi) is 7.31. The normalized spacial score (nSPS) is 10.7. The average Bonchev–Trinajstić information content (AvgIpc) is 3.11. The summed E-state index contributed by atoms with van der Waals surface area (Å²) in [5.41, 5.74) is 3.92. The molecule has 0 unspecified atom stereocenters. The number of nitrogens with zero attached hydrogens (tertiary/aromatic N) is 2. The molecule has 0 fully saturated rings. The van der Waals surface area contributed by atoms with E-state index in [2.05, 4.69) is 34.8 Å². The molecule has 3 rings (SSSR count). The second-order valence-corrected chi connectivity index (χ2v) is 7.73. The fourth-order valence-electron chi connectivity index (χ4n) is 2.79. The molecule has 0 saturated heterocycles. The van der Waals surface area contributed by atoms with Gasteiger partial charge in [0.1, 0.15) is 0 Å². The molecule has 0 radical (unpaired) electrons. The van der Waals surface area contributed by atoms with Crippen molar-refractivity contribution in [3.05, 3.63) is 76.0 Å². The highest BCUT2D eigenvalue weighted by atomic mass is 35.5. The molecule has 1 heterocycles. The van der Waals surface area contributed by atoms with Gasteiger partial charge in [0, 0.05) is 27.5 Å². The van der Waals surface area contributed by atoms with Crippen LogP contribution in [0.15, 0.2) is 54.9 Å². The van der Waals surface area contributed by atoms with Crippen molar-refractivity contribution in [1.29, 1.82) is 0 Å². The number of aryl methyl sites for hydroxylation is 1. The van der Waals surface area contributed by atoms with Crippen LogP contribution in [-0.4, -0.2) is 14.9 Å². The lowest BCUT2D eigenvalue weighted by atomic mass is 10.1. The van der Waals surface area contributed by atoms with Crippen molar-refractivity contribution >= 4 is 51.9 Å². The number of halogens is 2. The summed E-state index contributed by atoms with van der Waals surface area (Å²) in [5, 5.41) is 12.4. The van der Waals surface area contributed by atoms with Gasteiger partial charge < -0.3 is 10.6 Å². The monoisotopic (exact) mass is 432 g/mol. The summed E-state index contributed by atoms with van der Waals surface area (Å²) in [6.45, 7) is 2.69. The predicted molar refractivity (Wildman–Crippen MR) is 123 cm³/mol. The number of hydrogen-bond acceptors (Lipinski definition) is 2. The van der Waals surface area contributed by atoms with E-state index in [4.69, 9.17) is 35.4 Å². The Hall–Kier alpha value is -2.08. The number of benzene rings is 2. The lowest BCUT2D eigenvalue weighted by Crippen LogP contribution is -2.18. The van der Waals surface area contributed by atoms with Crippen LogP contribution in [0, 0.1) is 0 Å². The highest BCUT2D eigenvalue weighted by molar-refractivity contribution is 7.80. The van der Waals surface area contributed by atoms with Crippen molar-refractivity contribution in [3.8, 4) is 0 Å². The van der Waals surface area contributed by atoms with E-state index in [1.54, 1.807) is 10.9 Å². The fraction of sp³-hybridized carbons (Fsp3) is 0.238. The van der Waals surface area contributed by atoms with Gasteiger partial charge in [-0.15, -0.1) is 0 Å². The number of anilines is 2. The molecule has 0 aliphatic carbocycles. The zero-order valence-electron chi connectivity index (χ0n) is 15.6. The lowest BCUT2D eigenvalue weighted by Gasteiger charge is -2.10. The maximum absolute atomic E-state index is 6.23. The Balaban J connectivity index is 1.56. The Morgan fingerprint density at radius 1 is 1.04 bits per heavy atom. The highest BCUT2D eigenvalue weighted by Gasteiger charge is 2.08. The number of rotatable bonds is 7. The van der Waals surface area contributed by atoms with Crippen molar-refractivity contribution in [3.63, 3.8) is 0 Å². The van der Waals surface area contributed by atoms with E-state index in [0.717, 1.165) is 23.4 Å². The molecule has 0 aliphatic heterocycles. The Morgan fingerprint density at radius 2 is 1.71 bits per heavy atom. The summed E-state index contributed by atoms with van der Waals surface area (Å²) >= 11 is 17.9. The van der Waals surface area contributed by atoms with Gasteiger partial charge in [-0.2, -0.15) is 5.10 Å². The SMILES string of the molecule is CCCCc1ccc(NC(=S)Nc2cnn(Cc3c(Cl)cccc3Cl)c2)cc1. The van der Waals surface area contributed by atoms with Gasteiger partial charge in [-0.25, -0.2) is 0 Å². The summed E-state index contributed by atoms with van der Waals surface area (Å²) in [7, 11) is 0. The third-order valence-electron chi connectivity index (χ3n) is 4.30. The molecule has 28 heavy (non-hydrogen) atoms. The Morgan fingerprint density at radius 3 is 2.39 bits per heavy atom. The van der Waals surface area contributed by atoms with Crippen LogP contribution in [0.25, 0.3) is 0 Å². The molecular formula is C21H22Cl2N4S. The first-order valence-corrected chi connectivity index (χ1v) is 10.3. The van der Waals surface area contributed by atoms with Crippen LogP contribution in [0.1, 0.15) is 30.9 Å². The number of nitrogens with one attached hydrogen (secondary N) is 2. The first-order chi connectivity index (χ1) is 13.5. The van der Waals surface area contributed by atoms with Crippen molar-refractivity contribution in [2.24, 2.45) is 0 Å². The minimum Gasteiger partial charge on any atom is -0.332 e. The third kappa shape index (κ3) is 5.71. The van der Waals surface area contributed by atoms with Crippen LogP contribution < -0.4 is 10.6 Å². The Bertz CT molecular complexity index is 918. The zero-order valence-corrected chi connectivity index (χ0v) is 17.9. The molecule has 0 bridgehead atoms. The molecule has 3 aromatic rings. The molecule has 146 valence electrons. The summed E-state index contributed by atoms with van der Waals surface area (Å²) in [4.78, 5) is 0. The lowest BCUT2D eigenvalue weighted by molar-refractivity contribution is 0.687. The Labute approximate surface area is 180 Å². The smallest absolute Gasteiger partial charge is 0.175 e. The molecule has 0 atom stereocenters. The van der Waals surface area contributed by atoms with Crippen LogP contribution in [0.3, 0.4) is 0 Å². The summed E-state index contributed by atoms with van der Waals surface area (Å²) < 4.78 is 1.76. The van der Waals surface area contributed by atoms with Crippen LogP contribution in [-0.2, 0) is 13.0 Å². The summed E-state index contributed by atoms with van der Waals surface area (Å²) in [5.74, 6) is 0. The van der Waals surface area contributed by atoms with Crippen molar-refractivity contribution in [2.75, 3.05) is 10.6 Å². The van der Waals surface area contributed by atoms with E-state index in [9.17, 15) is 0 Å². The standard InChI is InChI=1S/C21H22Cl2N4S/c1-2-3-5-15-8-10-16(11-9-15)25-21(28)26-17-12-24-27(13-17)14-18-19(22)6-4-7-20(18)23/h4,6-13H,2-3,5,14H2,1H3,(H2,25,26,28).